The lowest BCUT2D eigenvalue weighted by atomic mass is 10.0. The molecule has 0 aliphatic heterocycles. The van der Waals surface area contributed by atoms with Crippen molar-refractivity contribution < 1.29 is 4.92 Å². The predicted molar refractivity (Wildman–Crippen MR) is 93.7 cm³/mol. The van der Waals surface area contributed by atoms with Crippen molar-refractivity contribution >= 4 is 34.0 Å². The number of nitrogens with one attached hydrogen (secondary N) is 1. The molecule has 0 spiro atoms. The lowest BCUT2D eigenvalue weighted by Gasteiger charge is -2.16. The summed E-state index contributed by atoms with van der Waals surface area (Å²) in [6.45, 7) is 4.21. The van der Waals surface area contributed by atoms with E-state index >= 15 is 0 Å². The number of nitro benzene ring substituents is 1. The molecule has 4 nitrogen and oxygen atoms in total. The molecule has 0 bridgehead atoms. The van der Waals surface area contributed by atoms with Crippen LogP contribution in [0.1, 0.15) is 31.0 Å². The van der Waals surface area contributed by atoms with E-state index in [1.165, 1.54) is 17.2 Å². The summed E-state index contributed by atoms with van der Waals surface area (Å²) in [5.41, 5.74) is 3.54. The van der Waals surface area contributed by atoms with Gasteiger partial charge in [-0.25, -0.2) is 0 Å². The van der Waals surface area contributed by atoms with Crippen molar-refractivity contribution in [3.8, 4) is 0 Å². The number of halogens is 1. The molecule has 21 heavy (non-hydrogen) atoms. The fourth-order valence-electron chi connectivity index (χ4n) is 2.12. The number of hydrogen-bond acceptors (Lipinski definition) is 3. The van der Waals surface area contributed by atoms with Gasteiger partial charge in [-0.1, -0.05) is 31.2 Å². The van der Waals surface area contributed by atoms with Crippen LogP contribution in [0.4, 0.5) is 11.4 Å². The molecule has 2 aromatic carbocycles. The summed E-state index contributed by atoms with van der Waals surface area (Å²) < 4.78 is 0.635. The van der Waals surface area contributed by atoms with Gasteiger partial charge in [0.1, 0.15) is 0 Å². The van der Waals surface area contributed by atoms with Gasteiger partial charge in [-0.15, -0.1) is 0 Å². The molecular weight excluding hydrogens is 379 g/mol. The molecule has 2 rings (SSSR count). The minimum Gasteiger partial charge on any atom is -0.378 e. The highest BCUT2D eigenvalue weighted by molar-refractivity contribution is 14.1. The van der Waals surface area contributed by atoms with E-state index in [0.717, 1.165) is 12.1 Å². The maximum absolute atomic E-state index is 10.8. The smallest absolute Gasteiger partial charge is 0.282 e. The second-order valence-electron chi connectivity index (χ2n) is 4.88. The van der Waals surface area contributed by atoms with Gasteiger partial charge in [-0.3, -0.25) is 10.1 Å². The van der Waals surface area contributed by atoms with Crippen LogP contribution in [0.5, 0.6) is 0 Å². The maximum atomic E-state index is 10.8. The molecule has 0 heterocycles. The third-order valence-electron chi connectivity index (χ3n) is 3.42. The van der Waals surface area contributed by atoms with Crippen LogP contribution >= 0.6 is 22.6 Å². The number of nitro groups is 1. The molecule has 0 aliphatic carbocycles. The quantitative estimate of drug-likeness (QED) is 0.443. The monoisotopic (exact) mass is 396 g/mol. The van der Waals surface area contributed by atoms with E-state index < -0.39 is 0 Å². The summed E-state index contributed by atoms with van der Waals surface area (Å²) in [6.07, 6.45) is 1.03. The molecule has 0 amide bonds. The Bertz CT molecular complexity index is 641. The molecule has 2 aromatic rings. The molecule has 1 N–H and O–H groups in total. The topological polar surface area (TPSA) is 55.2 Å². The Hall–Kier alpha value is -1.63. The number of anilines is 1. The third kappa shape index (κ3) is 3.93. The van der Waals surface area contributed by atoms with Crippen molar-refractivity contribution in [1.82, 2.24) is 0 Å². The van der Waals surface area contributed by atoms with Gasteiger partial charge in [0.2, 0.25) is 0 Å². The van der Waals surface area contributed by atoms with Crippen LogP contribution in [-0.4, -0.2) is 4.92 Å². The number of benzene rings is 2. The first-order valence-corrected chi connectivity index (χ1v) is 7.88. The second kappa shape index (κ2) is 6.89. The number of nitrogens with zero attached hydrogens (tertiary/aromatic N) is 1. The van der Waals surface area contributed by atoms with E-state index in [-0.39, 0.29) is 16.7 Å². The van der Waals surface area contributed by atoms with Gasteiger partial charge in [-0.05, 0) is 59.2 Å². The van der Waals surface area contributed by atoms with E-state index in [9.17, 15) is 10.1 Å². The summed E-state index contributed by atoms with van der Waals surface area (Å²) in [6, 6.07) is 13.7. The summed E-state index contributed by atoms with van der Waals surface area (Å²) >= 11 is 1.99. The van der Waals surface area contributed by atoms with Gasteiger partial charge in [0.25, 0.3) is 5.69 Å². The number of aryl methyl sites for hydroxylation is 1. The van der Waals surface area contributed by atoms with E-state index in [2.05, 4.69) is 43.4 Å². The Labute approximate surface area is 137 Å². The van der Waals surface area contributed by atoms with Gasteiger partial charge in [0, 0.05) is 17.8 Å². The first-order chi connectivity index (χ1) is 10.0. The Kier molecular flexibility index (Phi) is 5.17. The molecule has 0 radical (unpaired) electrons. The molecule has 5 heteroatoms. The van der Waals surface area contributed by atoms with Crippen molar-refractivity contribution in [1.29, 1.82) is 0 Å². The SMILES string of the molecule is CCc1ccc(C(C)Nc2ccc([N+](=O)[O-])c(I)c2)cc1. The largest absolute Gasteiger partial charge is 0.378 e. The van der Waals surface area contributed by atoms with Gasteiger partial charge in [-0.2, -0.15) is 0 Å². The van der Waals surface area contributed by atoms with Crippen molar-refractivity contribution in [2.75, 3.05) is 5.32 Å². The molecule has 110 valence electrons. The fraction of sp³-hybridized carbons (Fsp3) is 0.250. The zero-order valence-corrected chi connectivity index (χ0v) is 14.1. The molecule has 0 saturated heterocycles. The van der Waals surface area contributed by atoms with Crippen molar-refractivity contribution in [2.24, 2.45) is 0 Å². The third-order valence-corrected chi connectivity index (χ3v) is 4.28. The highest BCUT2D eigenvalue weighted by Gasteiger charge is 2.12. The summed E-state index contributed by atoms with van der Waals surface area (Å²) in [4.78, 5) is 10.5. The first-order valence-electron chi connectivity index (χ1n) is 6.80. The molecule has 0 aliphatic rings. The van der Waals surface area contributed by atoms with Crippen molar-refractivity contribution in [3.05, 3.63) is 67.3 Å². The number of rotatable bonds is 5. The standard InChI is InChI=1S/C16H17IN2O2/c1-3-12-4-6-13(7-5-12)11(2)18-14-8-9-16(19(20)21)15(17)10-14/h4-11,18H,3H2,1-2H3. The molecule has 0 saturated carbocycles. The van der Waals surface area contributed by atoms with E-state index in [1.807, 2.05) is 22.6 Å². The Morgan fingerprint density at radius 3 is 2.43 bits per heavy atom. The van der Waals surface area contributed by atoms with Crippen LogP contribution in [0.3, 0.4) is 0 Å². The molecule has 0 aromatic heterocycles. The van der Waals surface area contributed by atoms with Crippen LogP contribution < -0.4 is 5.32 Å². The van der Waals surface area contributed by atoms with Crippen LogP contribution in [0, 0.1) is 13.7 Å². The Morgan fingerprint density at radius 2 is 1.90 bits per heavy atom. The van der Waals surface area contributed by atoms with Crippen molar-refractivity contribution in [2.45, 2.75) is 26.3 Å². The predicted octanol–water partition coefficient (Wildman–Crippen LogP) is 4.93. The lowest BCUT2D eigenvalue weighted by Crippen LogP contribution is -2.07. The number of hydrogen-bond donors (Lipinski definition) is 1. The molecular formula is C16H17IN2O2. The lowest BCUT2D eigenvalue weighted by molar-refractivity contribution is -0.385. The molecule has 1 atom stereocenters. The van der Waals surface area contributed by atoms with Gasteiger partial charge >= 0.3 is 0 Å². The van der Waals surface area contributed by atoms with Crippen LogP contribution in [0.25, 0.3) is 0 Å². The fourth-order valence-corrected chi connectivity index (χ4v) is 2.83. The maximum Gasteiger partial charge on any atom is 0.282 e. The van der Waals surface area contributed by atoms with E-state index in [0.29, 0.717) is 3.57 Å². The van der Waals surface area contributed by atoms with Gasteiger partial charge in [0.15, 0.2) is 0 Å². The van der Waals surface area contributed by atoms with Crippen molar-refractivity contribution in [3.63, 3.8) is 0 Å². The summed E-state index contributed by atoms with van der Waals surface area (Å²) in [7, 11) is 0. The highest BCUT2D eigenvalue weighted by Crippen LogP contribution is 2.26. The van der Waals surface area contributed by atoms with E-state index in [4.69, 9.17) is 0 Å². The Morgan fingerprint density at radius 1 is 1.24 bits per heavy atom. The zero-order valence-electron chi connectivity index (χ0n) is 12.0. The Balaban J connectivity index is 2.13. The average molecular weight is 396 g/mol. The second-order valence-corrected chi connectivity index (χ2v) is 6.05. The summed E-state index contributed by atoms with van der Waals surface area (Å²) in [5.74, 6) is 0. The van der Waals surface area contributed by atoms with Gasteiger partial charge in [0.05, 0.1) is 8.49 Å². The highest BCUT2D eigenvalue weighted by atomic mass is 127. The minimum atomic E-state index is -0.363. The minimum absolute atomic E-state index is 0.140. The van der Waals surface area contributed by atoms with Crippen LogP contribution in [-0.2, 0) is 6.42 Å². The van der Waals surface area contributed by atoms with E-state index in [1.54, 1.807) is 12.1 Å². The van der Waals surface area contributed by atoms with Gasteiger partial charge < -0.3 is 5.32 Å². The van der Waals surface area contributed by atoms with Crippen LogP contribution in [0.15, 0.2) is 42.5 Å². The molecule has 1 unspecified atom stereocenters. The first kappa shape index (κ1) is 15.8. The summed E-state index contributed by atoms with van der Waals surface area (Å²) in [5, 5.41) is 14.2. The average Bonchev–Trinajstić information content (AvgIpc) is 2.47. The van der Waals surface area contributed by atoms with Crippen LogP contribution in [0.2, 0.25) is 0 Å². The molecule has 0 fully saturated rings. The zero-order chi connectivity index (χ0) is 15.4. The normalized spacial score (nSPS) is 12.0.